The SMILES string of the molecule is Cc1cc(C)c2ccnc(NC3CC4c5ccccc5CCC34)c2c1C. The Labute approximate surface area is 155 Å². The lowest BCUT2D eigenvalue weighted by molar-refractivity contribution is 0.194. The van der Waals surface area contributed by atoms with Crippen molar-refractivity contribution in [3.05, 3.63) is 70.4 Å². The summed E-state index contributed by atoms with van der Waals surface area (Å²) in [6.07, 6.45) is 5.69. The van der Waals surface area contributed by atoms with Gasteiger partial charge in [-0.2, -0.15) is 0 Å². The molecule has 0 spiro atoms. The molecule has 5 rings (SSSR count). The first-order valence-electron chi connectivity index (χ1n) is 9.83. The number of anilines is 1. The molecule has 3 aromatic rings. The summed E-state index contributed by atoms with van der Waals surface area (Å²) in [6.45, 7) is 6.64. The van der Waals surface area contributed by atoms with Gasteiger partial charge in [0.2, 0.25) is 0 Å². The van der Waals surface area contributed by atoms with Gasteiger partial charge < -0.3 is 5.32 Å². The highest BCUT2D eigenvalue weighted by Gasteiger charge is 2.44. The molecule has 0 aliphatic heterocycles. The van der Waals surface area contributed by atoms with E-state index in [-0.39, 0.29) is 0 Å². The first-order valence-corrected chi connectivity index (χ1v) is 9.83. The molecular weight excluding hydrogens is 316 g/mol. The van der Waals surface area contributed by atoms with E-state index in [2.05, 4.69) is 62.5 Å². The Morgan fingerprint density at radius 2 is 1.88 bits per heavy atom. The highest BCUT2D eigenvalue weighted by Crippen LogP contribution is 2.50. The Bertz CT molecular complexity index is 1000. The van der Waals surface area contributed by atoms with Crippen molar-refractivity contribution in [1.29, 1.82) is 0 Å². The average Bonchev–Trinajstić information content (AvgIpc) is 2.63. The number of fused-ring (bicyclic) bond motifs is 4. The Balaban J connectivity index is 1.47. The fourth-order valence-electron chi connectivity index (χ4n) is 5.24. The minimum absolute atomic E-state index is 0.548. The smallest absolute Gasteiger partial charge is 0.134 e. The van der Waals surface area contributed by atoms with Crippen LogP contribution in [0.2, 0.25) is 0 Å². The maximum absolute atomic E-state index is 4.74. The van der Waals surface area contributed by atoms with Crippen LogP contribution < -0.4 is 5.32 Å². The van der Waals surface area contributed by atoms with Gasteiger partial charge in [-0.1, -0.05) is 30.3 Å². The molecule has 3 unspecified atom stereocenters. The lowest BCUT2D eigenvalue weighted by Gasteiger charge is -2.49. The summed E-state index contributed by atoms with van der Waals surface area (Å²) in [5.74, 6) is 2.55. The van der Waals surface area contributed by atoms with Gasteiger partial charge in [-0.3, -0.25) is 0 Å². The van der Waals surface area contributed by atoms with Crippen LogP contribution in [-0.2, 0) is 6.42 Å². The first-order chi connectivity index (χ1) is 12.6. The van der Waals surface area contributed by atoms with Gasteiger partial charge in [0.25, 0.3) is 0 Å². The van der Waals surface area contributed by atoms with Gasteiger partial charge in [-0.15, -0.1) is 0 Å². The number of aromatic nitrogens is 1. The third kappa shape index (κ3) is 2.28. The van der Waals surface area contributed by atoms with E-state index < -0.39 is 0 Å². The number of rotatable bonds is 2. The fourth-order valence-corrected chi connectivity index (χ4v) is 5.24. The highest BCUT2D eigenvalue weighted by atomic mass is 15.0. The second-order valence-electron chi connectivity index (χ2n) is 8.21. The number of hydrogen-bond acceptors (Lipinski definition) is 2. The van der Waals surface area contributed by atoms with Crippen LogP contribution in [-0.4, -0.2) is 11.0 Å². The summed E-state index contributed by atoms with van der Waals surface area (Å²) in [6, 6.07) is 14.0. The minimum Gasteiger partial charge on any atom is -0.366 e. The van der Waals surface area contributed by atoms with Crippen molar-refractivity contribution in [2.75, 3.05) is 5.32 Å². The Hall–Kier alpha value is -2.35. The van der Waals surface area contributed by atoms with Crippen molar-refractivity contribution in [3.8, 4) is 0 Å². The molecule has 2 nitrogen and oxygen atoms in total. The lowest BCUT2D eigenvalue weighted by Crippen LogP contribution is -2.47. The van der Waals surface area contributed by atoms with Crippen molar-refractivity contribution in [3.63, 3.8) is 0 Å². The van der Waals surface area contributed by atoms with E-state index in [1.54, 1.807) is 11.1 Å². The van der Waals surface area contributed by atoms with Gasteiger partial charge in [0, 0.05) is 17.6 Å². The molecule has 132 valence electrons. The van der Waals surface area contributed by atoms with Gasteiger partial charge in [0.05, 0.1) is 0 Å². The quantitative estimate of drug-likeness (QED) is 0.647. The molecule has 1 heterocycles. The van der Waals surface area contributed by atoms with E-state index in [1.807, 2.05) is 6.20 Å². The van der Waals surface area contributed by atoms with Crippen LogP contribution in [0.3, 0.4) is 0 Å². The summed E-state index contributed by atoms with van der Waals surface area (Å²) in [7, 11) is 0. The third-order valence-corrected chi connectivity index (χ3v) is 6.84. The summed E-state index contributed by atoms with van der Waals surface area (Å²) in [5.41, 5.74) is 7.20. The molecule has 0 bridgehead atoms. The molecule has 2 aliphatic carbocycles. The standard InChI is InChI=1S/C24H26N2/c1-14-12-15(2)18-10-11-25-24(23(18)16(14)3)26-22-13-21-19-7-5-4-6-17(19)8-9-20(21)22/h4-7,10-12,20-22H,8-9,13H2,1-3H3,(H,25,26). The lowest BCUT2D eigenvalue weighted by atomic mass is 9.60. The Morgan fingerprint density at radius 3 is 2.77 bits per heavy atom. The van der Waals surface area contributed by atoms with Crippen molar-refractivity contribution in [2.24, 2.45) is 5.92 Å². The predicted octanol–water partition coefficient (Wildman–Crippen LogP) is 5.69. The molecule has 2 heteroatoms. The third-order valence-electron chi connectivity index (χ3n) is 6.84. The maximum Gasteiger partial charge on any atom is 0.134 e. The van der Waals surface area contributed by atoms with Crippen LogP contribution in [0.4, 0.5) is 5.82 Å². The Morgan fingerprint density at radius 1 is 1.04 bits per heavy atom. The number of pyridine rings is 1. The number of benzene rings is 2. The topological polar surface area (TPSA) is 24.9 Å². The molecule has 0 amide bonds. The van der Waals surface area contributed by atoms with Crippen molar-refractivity contribution < 1.29 is 0 Å². The molecule has 0 radical (unpaired) electrons. The zero-order chi connectivity index (χ0) is 17.8. The second-order valence-corrected chi connectivity index (χ2v) is 8.21. The average molecular weight is 342 g/mol. The molecule has 1 aromatic heterocycles. The van der Waals surface area contributed by atoms with E-state index in [4.69, 9.17) is 4.98 Å². The molecule has 1 saturated carbocycles. The molecule has 1 fully saturated rings. The van der Waals surface area contributed by atoms with Gasteiger partial charge in [0.1, 0.15) is 5.82 Å². The molecule has 0 saturated heterocycles. The van der Waals surface area contributed by atoms with E-state index in [0.29, 0.717) is 6.04 Å². The highest BCUT2D eigenvalue weighted by molar-refractivity contribution is 5.97. The zero-order valence-electron chi connectivity index (χ0n) is 15.8. The van der Waals surface area contributed by atoms with E-state index in [0.717, 1.165) is 17.7 Å². The summed E-state index contributed by atoms with van der Waals surface area (Å²) < 4.78 is 0. The number of hydrogen-bond donors (Lipinski definition) is 1. The number of nitrogens with zero attached hydrogens (tertiary/aromatic N) is 1. The van der Waals surface area contributed by atoms with Gasteiger partial charge in [-0.25, -0.2) is 4.98 Å². The number of aryl methyl sites for hydroxylation is 4. The fraction of sp³-hybridized carbons (Fsp3) is 0.375. The first kappa shape index (κ1) is 15.9. The normalized spacial score (nSPS) is 23.9. The molecule has 3 atom stereocenters. The van der Waals surface area contributed by atoms with Crippen molar-refractivity contribution in [2.45, 2.75) is 52.0 Å². The molecule has 1 N–H and O–H groups in total. The second kappa shape index (κ2) is 5.84. The number of nitrogens with one attached hydrogen (secondary N) is 1. The maximum atomic E-state index is 4.74. The largest absolute Gasteiger partial charge is 0.366 e. The predicted molar refractivity (Wildman–Crippen MR) is 109 cm³/mol. The van der Waals surface area contributed by atoms with Crippen molar-refractivity contribution in [1.82, 2.24) is 4.98 Å². The molecular formula is C24H26N2. The van der Waals surface area contributed by atoms with E-state index >= 15 is 0 Å². The minimum atomic E-state index is 0.548. The van der Waals surface area contributed by atoms with Crippen LogP contribution in [0, 0.1) is 26.7 Å². The molecule has 26 heavy (non-hydrogen) atoms. The summed E-state index contributed by atoms with van der Waals surface area (Å²) >= 11 is 0. The van der Waals surface area contributed by atoms with E-state index in [1.165, 1.54) is 46.7 Å². The van der Waals surface area contributed by atoms with E-state index in [9.17, 15) is 0 Å². The van der Waals surface area contributed by atoms with Crippen molar-refractivity contribution >= 4 is 16.6 Å². The molecule has 2 aromatic carbocycles. The van der Waals surface area contributed by atoms with Crippen LogP contribution in [0.25, 0.3) is 10.8 Å². The molecule has 2 aliphatic rings. The summed E-state index contributed by atoms with van der Waals surface area (Å²) in [5, 5.41) is 6.47. The van der Waals surface area contributed by atoms with Gasteiger partial charge >= 0.3 is 0 Å². The van der Waals surface area contributed by atoms with Crippen LogP contribution >= 0.6 is 0 Å². The van der Waals surface area contributed by atoms with Gasteiger partial charge in [0.15, 0.2) is 0 Å². The zero-order valence-corrected chi connectivity index (χ0v) is 15.8. The Kier molecular flexibility index (Phi) is 3.56. The monoisotopic (exact) mass is 342 g/mol. The van der Waals surface area contributed by atoms with Gasteiger partial charge in [-0.05, 0) is 91.1 Å². The summed E-state index contributed by atoms with van der Waals surface area (Å²) in [4.78, 5) is 4.74. The van der Waals surface area contributed by atoms with Crippen LogP contribution in [0.1, 0.15) is 46.6 Å². The van der Waals surface area contributed by atoms with Crippen LogP contribution in [0.5, 0.6) is 0 Å². The van der Waals surface area contributed by atoms with Crippen LogP contribution in [0.15, 0.2) is 42.6 Å².